The summed E-state index contributed by atoms with van der Waals surface area (Å²) in [6, 6.07) is 16.5. The van der Waals surface area contributed by atoms with Gasteiger partial charge in [0.2, 0.25) is 5.95 Å². The lowest BCUT2D eigenvalue weighted by molar-refractivity contribution is 0.187. The quantitative estimate of drug-likeness (QED) is 0.387. The molecule has 1 saturated heterocycles. The normalized spacial score (nSPS) is 19.0. The average molecular weight is 482 g/mol. The highest BCUT2D eigenvalue weighted by Gasteiger charge is 2.46. The molecule has 1 aliphatic carbocycles. The molecule has 1 fully saturated rings. The first kappa shape index (κ1) is 20.8. The van der Waals surface area contributed by atoms with Gasteiger partial charge in [0.25, 0.3) is 0 Å². The molecule has 7 nitrogen and oxygen atoms in total. The number of rotatable bonds is 2. The third-order valence-corrected chi connectivity index (χ3v) is 8.11. The maximum atomic E-state index is 6.75. The number of anilines is 1. The molecule has 8 heteroatoms. The molecular formula is C27H24ClN7. The Hall–Kier alpha value is -3.55. The third-order valence-electron chi connectivity index (χ3n) is 7.81. The van der Waals surface area contributed by atoms with Crippen LogP contribution in [0.15, 0.2) is 67.1 Å². The Morgan fingerprint density at radius 2 is 1.83 bits per heavy atom. The molecule has 7 rings (SSSR count). The summed E-state index contributed by atoms with van der Waals surface area (Å²) in [6.45, 7) is 1.76. The van der Waals surface area contributed by atoms with Gasteiger partial charge in [-0.2, -0.15) is 4.98 Å². The van der Waals surface area contributed by atoms with E-state index in [0.29, 0.717) is 16.6 Å². The van der Waals surface area contributed by atoms with Crippen LogP contribution in [-0.4, -0.2) is 37.8 Å². The lowest BCUT2D eigenvalue weighted by Gasteiger charge is -2.42. The van der Waals surface area contributed by atoms with Crippen molar-refractivity contribution in [2.24, 2.45) is 11.1 Å². The van der Waals surface area contributed by atoms with Gasteiger partial charge in [-0.1, -0.05) is 48.0 Å². The Labute approximate surface area is 207 Å². The van der Waals surface area contributed by atoms with Gasteiger partial charge in [-0.05, 0) is 47.9 Å². The van der Waals surface area contributed by atoms with Crippen LogP contribution in [-0.2, 0) is 6.42 Å². The Balaban J connectivity index is 1.17. The SMILES string of the molecule is N[C@@H]1c2ccccc2CC12CCN(c1ncc3cn(-c4c(Cl)ccc5cccnc45)nc3n1)CC2. The largest absolute Gasteiger partial charge is 0.341 e. The van der Waals surface area contributed by atoms with E-state index in [-0.39, 0.29) is 11.5 Å². The molecule has 174 valence electrons. The van der Waals surface area contributed by atoms with Gasteiger partial charge in [-0.15, -0.1) is 5.10 Å². The van der Waals surface area contributed by atoms with E-state index in [4.69, 9.17) is 27.4 Å². The second kappa shape index (κ2) is 7.73. The minimum atomic E-state index is 0.0963. The van der Waals surface area contributed by atoms with Crippen molar-refractivity contribution in [1.82, 2.24) is 24.7 Å². The van der Waals surface area contributed by atoms with E-state index in [1.54, 1.807) is 10.9 Å². The van der Waals surface area contributed by atoms with Crippen LogP contribution in [0.3, 0.4) is 0 Å². The van der Waals surface area contributed by atoms with Crippen molar-refractivity contribution in [1.29, 1.82) is 0 Å². The van der Waals surface area contributed by atoms with Gasteiger partial charge in [0, 0.05) is 43.1 Å². The number of nitrogens with two attached hydrogens (primary N) is 1. The summed E-state index contributed by atoms with van der Waals surface area (Å²) < 4.78 is 1.76. The fourth-order valence-electron chi connectivity index (χ4n) is 5.85. The fraction of sp³-hybridized carbons (Fsp3) is 0.259. The molecule has 0 amide bonds. The van der Waals surface area contributed by atoms with Crippen LogP contribution in [0.1, 0.15) is 30.0 Å². The van der Waals surface area contributed by atoms with E-state index in [1.165, 1.54) is 11.1 Å². The summed E-state index contributed by atoms with van der Waals surface area (Å²) in [4.78, 5) is 16.3. The molecule has 1 aliphatic heterocycles. The highest BCUT2D eigenvalue weighted by molar-refractivity contribution is 6.33. The molecule has 0 bridgehead atoms. The summed E-state index contributed by atoms with van der Waals surface area (Å²) in [5.74, 6) is 0.712. The van der Waals surface area contributed by atoms with Crippen molar-refractivity contribution in [3.8, 4) is 5.69 Å². The number of benzene rings is 2. The number of fused-ring (bicyclic) bond motifs is 3. The zero-order valence-corrected chi connectivity index (χ0v) is 19.9. The first-order valence-corrected chi connectivity index (χ1v) is 12.3. The Morgan fingerprint density at radius 3 is 2.69 bits per heavy atom. The molecule has 3 aromatic heterocycles. The van der Waals surface area contributed by atoms with Gasteiger partial charge in [-0.3, -0.25) is 4.98 Å². The Kier molecular flexibility index (Phi) is 4.59. The zero-order valence-electron chi connectivity index (χ0n) is 19.1. The van der Waals surface area contributed by atoms with Crippen molar-refractivity contribution in [3.05, 3.63) is 83.3 Å². The van der Waals surface area contributed by atoms with Crippen molar-refractivity contribution >= 4 is 39.5 Å². The van der Waals surface area contributed by atoms with E-state index in [1.807, 2.05) is 36.7 Å². The van der Waals surface area contributed by atoms with Gasteiger partial charge >= 0.3 is 0 Å². The number of pyridine rings is 1. The molecule has 0 unspecified atom stereocenters. The maximum absolute atomic E-state index is 6.75. The van der Waals surface area contributed by atoms with Crippen molar-refractivity contribution in [2.45, 2.75) is 25.3 Å². The zero-order chi connectivity index (χ0) is 23.6. The van der Waals surface area contributed by atoms with Crippen LogP contribution in [0.5, 0.6) is 0 Å². The lowest BCUT2D eigenvalue weighted by Crippen LogP contribution is -2.44. The van der Waals surface area contributed by atoms with Gasteiger partial charge < -0.3 is 10.6 Å². The monoisotopic (exact) mass is 481 g/mol. The molecule has 35 heavy (non-hydrogen) atoms. The molecule has 4 heterocycles. The number of halogens is 1. The highest BCUT2D eigenvalue weighted by Crippen LogP contribution is 2.50. The minimum Gasteiger partial charge on any atom is -0.341 e. The molecular weight excluding hydrogens is 458 g/mol. The molecule has 2 aliphatic rings. The average Bonchev–Trinajstić information content (AvgIpc) is 3.43. The van der Waals surface area contributed by atoms with E-state index in [2.05, 4.69) is 39.1 Å². The van der Waals surface area contributed by atoms with Gasteiger partial charge in [0.15, 0.2) is 5.65 Å². The molecule has 2 N–H and O–H groups in total. The third kappa shape index (κ3) is 3.22. The maximum Gasteiger partial charge on any atom is 0.227 e. The van der Waals surface area contributed by atoms with E-state index in [0.717, 1.165) is 54.3 Å². The van der Waals surface area contributed by atoms with Crippen LogP contribution < -0.4 is 10.6 Å². The first-order valence-electron chi connectivity index (χ1n) is 12.0. The Bertz CT molecular complexity index is 1590. The van der Waals surface area contributed by atoms with Crippen LogP contribution in [0.25, 0.3) is 27.6 Å². The predicted molar refractivity (Wildman–Crippen MR) is 138 cm³/mol. The molecule has 5 aromatic rings. The predicted octanol–water partition coefficient (Wildman–Crippen LogP) is 4.86. The topological polar surface area (TPSA) is 85.8 Å². The van der Waals surface area contributed by atoms with Crippen LogP contribution in [0.2, 0.25) is 5.02 Å². The molecule has 0 radical (unpaired) electrons. The van der Waals surface area contributed by atoms with Crippen molar-refractivity contribution < 1.29 is 0 Å². The fourth-order valence-corrected chi connectivity index (χ4v) is 6.09. The minimum absolute atomic E-state index is 0.0963. The van der Waals surface area contributed by atoms with Gasteiger partial charge in [0.1, 0.15) is 5.69 Å². The standard InChI is InChI=1S/C27H24ClN7/c28-21-8-7-17-5-3-11-30-22(17)23(21)35-16-19-15-31-26(32-25(19)33-35)34-12-9-27(10-13-34)14-18-4-1-2-6-20(18)24(27)29/h1-8,11,15-16,24H,9-10,12-14,29H2/t24-/m1/s1. The number of nitrogens with zero attached hydrogens (tertiary/aromatic N) is 6. The van der Waals surface area contributed by atoms with E-state index >= 15 is 0 Å². The second-order valence-electron chi connectivity index (χ2n) is 9.70. The molecule has 2 aromatic carbocycles. The lowest BCUT2D eigenvalue weighted by atomic mass is 9.73. The molecule has 0 saturated carbocycles. The summed E-state index contributed by atoms with van der Waals surface area (Å²) in [7, 11) is 0. The highest BCUT2D eigenvalue weighted by atomic mass is 35.5. The number of piperidine rings is 1. The van der Waals surface area contributed by atoms with Crippen molar-refractivity contribution in [2.75, 3.05) is 18.0 Å². The summed E-state index contributed by atoms with van der Waals surface area (Å²) in [5.41, 5.74) is 11.8. The first-order chi connectivity index (χ1) is 17.1. The smallest absolute Gasteiger partial charge is 0.227 e. The van der Waals surface area contributed by atoms with Gasteiger partial charge in [-0.25, -0.2) is 9.67 Å². The van der Waals surface area contributed by atoms with Crippen molar-refractivity contribution in [3.63, 3.8) is 0 Å². The number of hydrogen-bond acceptors (Lipinski definition) is 6. The van der Waals surface area contributed by atoms with Gasteiger partial charge in [0.05, 0.1) is 15.9 Å². The number of hydrogen-bond donors (Lipinski definition) is 1. The Morgan fingerprint density at radius 1 is 0.971 bits per heavy atom. The van der Waals surface area contributed by atoms with Crippen LogP contribution >= 0.6 is 11.6 Å². The second-order valence-corrected chi connectivity index (χ2v) is 10.1. The summed E-state index contributed by atoms with van der Waals surface area (Å²) in [5, 5.41) is 7.21. The summed E-state index contributed by atoms with van der Waals surface area (Å²) in [6.07, 6.45) is 8.62. The number of aromatic nitrogens is 5. The van der Waals surface area contributed by atoms with Crippen LogP contribution in [0.4, 0.5) is 5.95 Å². The molecule has 1 spiro atoms. The molecule has 1 atom stereocenters. The van der Waals surface area contributed by atoms with Crippen LogP contribution in [0, 0.1) is 5.41 Å². The van der Waals surface area contributed by atoms with E-state index in [9.17, 15) is 0 Å². The van der Waals surface area contributed by atoms with E-state index < -0.39 is 0 Å². The summed E-state index contributed by atoms with van der Waals surface area (Å²) >= 11 is 6.57.